The Morgan fingerprint density at radius 2 is 2.04 bits per heavy atom. The van der Waals surface area contributed by atoms with Crippen LogP contribution in [0, 0.1) is 0 Å². The first kappa shape index (κ1) is 15.5. The minimum absolute atomic E-state index is 0.598. The second kappa shape index (κ2) is 6.86. The summed E-state index contributed by atoms with van der Waals surface area (Å²) in [5.41, 5.74) is 5.58. The molecule has 2 heterocycles. The molecule has 2 aromatic rings. The summed E-state index contributed by atoms with van der Waals surface area (Å²) in [6.07, 6.45) is 3.46. The highest BCUT2D eigenvalue weighted by molar-refractivity contribution is 5.59. The van der Waals surface area contributed by atoms with E-state index in [1.54, 1.807) is 0 Å². The summed E-state index contributed by atoms with van der Waals surface area (Å²) in [7, 11) is 0. The number of nitrogens with one attached hydrogen (secondary N) is 1. The van der Waals surface area contributed by atoms with Crippen molar-refractivity contribution in [3.8, 4) is 5.75 Å². The normalized spacial score (nSPS) is 18.0. The van der Waals surface area contributed by atoms with Crippen molar-refractivity contribution in [2.75, 3.05) is 25.0 Å². The lowest BCUT2D eigenvalue weighted by Crippen LogP contribution is -2.40. The highest BCUT2D eigenvalue weighted by Gasteiger charge is 2.23. The van der Waals surface area contributed by atoms with E-state index in [2.05, 4.69) is 59.6 Å². The molecule has 3 nitrogen and oxygen atoms in total. The Kier molecular flexibility index (Phi) is 4.44. The molecule has 0 aliphatic carbocycles. The fraction of sp³-hybridized carbons (Fsp3) is 0.429. The Balaban J connectivity index is 1.48. The zero-order valence-corrected chi connectivity index (χ0v) is 14.4. The molecule has 1 atom stereocenters. The van der Waals surface area contributed by atoms with Crippen molar-refractivity contribution in [2.45, 2.75) is 38.8 Å². The van der Waals surface area contributed by atoms with Gasteiger partial charge in [0, 0.05) is 25.7 Å². The zero-order valence-electron chi connectivity index (χ0n) is 14.4. The Morgan fingerprint density at radius 3 is 2.92 bits per heavy atom. The van der Waals surface area contributed by atoms with Crippen molar-refractivity contribution in [1.29, 1.82) is 0 Å². The SMILES string of the molecule is CCC(Cc1ccc2c(c1)NCCO2)N1CCc2ccccc2C1. The van der Waals surface area contributed by atoms with Crippen LogP contribution in [0.5, 0.6) is 5.75 Å². The molecule has 0 aromatic heterocycles. The van der Waals surface area contributed by atoms with Crippen molar-refractivity contribution in [2.24, 2.45) is 0 Å². The monoisotopic (exact) mass is 322 g/mol. The van der Waals surface area contributed by atoms with Gasteiger partial charge in [0.05, 0.1) is 5.69 Å². The standard InChI is InChI=1S/C21H26N2O/c1-2-19(23-11-9-17-5-3-4-6-18(17)15-23)13-16-7-8-21-20(14-16)22-10-12-24-21/h3-8,14,19,22H,2,9-13,15H2,1H3. The molecule has 0 bridgehead atoms. The molecule has 0 saturated carbocycles. The molecule has 1 N–H and O–H groups in total. The summed E-state index contributed by atoms with van der Waals surface area (Å²) in [4.78, 5) is 2.66. The first-order valence-corrected chi connectivity index (χ1v) is 9.14. The Hall–Kier alpha value is -2.00. The highest BCUT2D eigenvalue weighted by Crippen LogP contribution is 2.30. The van der Waals surface area contributed by atoms with Crippen LogP contribution in [0.1, 0.15) is 30.0 Å². The smallest absolute Gasteiger partial charge is 0.142 e. The molecule has 0 saturated heterocycles. The van der Waals surface area contributed by atoms with Gasteiger partial charge < -0.3 is 10.1 Å². The number of hydrogen-bond acceptors (Lipinski definition) is 3. The number of nitrogens with zero attached hydrogens (tertiary/aromatic N) is 1. The number of benzene rings is 2. The maximum Gasteiger partial charge on any atom is 0.142 e. The van der Waals surface area contributed by atoms with Gasteiger partial charge in [-0.05, 0) is 48.1 Å². The van der Waals surface area contributed by atoms with Gasteiger partial charge in [-0.1, -0.05) is 37.3 Å². The van der Waals surface area contributed by atoms with Gasteiger partial charge in [-0.2, -0.15) is 0 Å². The average molecular weight is 322 g/mol. The van der Waals surface area contributed by atoms with E-state index in [-0.39, 0.29) is 0 Å². The first-order valence-electron chi connectivity index (χ1n) is 9.14. The Bertz CT molecular complexity index is 713. The third-order valence-electron chi connectivity index (χ3n) is 5.34. The minimum atomic E-state index is 0.598. The minimum Gasteiger partial charge on any atom is -0.490 e. The van der Waals surface area contributed by atoms with E-state index in [1.165, 1.54) is 36.1 Å². The third-order valence-corrected chi connectivity index (χ3v) is 5.34. The molecule has 2 aliphatic rings. The molecule has 24 heavy (non-hydrogen) atoms. The predicted octanol–water partition coefficient (Wildman–Crippen LogP) is 3.87. The number of anilines is 1. The van der Waals surface area contributed by atoms with Crippen LogP contribution in [0.3, 0.4) is 0 Å². The highest BCUT2D eigenvalue weighted by atomic mass is 16.5. The quantitative estimate of drug-likeness (QED) is 0.925. The summed E-state index contributed by atoms with van der Waals surface area (Å²) in [6.45, 7) is 6.22. The van der Waals surface area contributed by atoms with Crippen molar-refractivity contribution in [1.82, 2.24) is 4.90 Å². The van der Waals surface area contributed by atoms with Crippen LogP contribution in [-0.2, 0) is 19.4 Å². The van der Waals surface area contributed by atoms with Gasteiger partial charge in [0.15, 0.2) is 0 Å². The predicted molar refractivity (Wildman–Crippen MR) is 98.8 cm³/mol. The van der Waals surface area contributed by atoms with Crippen molar-refractivity contribution in [3.63, 3.8) is 0 Å². The lowest BCUT2D eigenvalue weighted by Gasteiger charge is -2.35. The van der Waals surface area contributed by atoms with Gasteiger partial charge in [-0.3, -0.25) is 4.90 Å². The fourth-order valence-corrected chi connectivity index (χ4v) is 3.95. The third kappa shape index (κ3) is 3.13. The molecule has 2 aliphatic heterocycles. The molecule has 4 rings (SSSR count). The van der Waals surface area contributed by atoms with Crippen molar-refractivity contribution < 1.29 is 4.74 Å². The molecular weight excluding hydrogens is 296 g/mol. The summed E-state index contributed by atoms with van der Waals surface area (Å²) < 4.78 is 5.69. The van der Waals surface area contributed by atoms with Gasteiger partial charge >= 0.3 is 0 Å². The summed E-state index contributed by atoms with van der Waals surface area (Å²) in [5, 5.41) is 3.45. The largest absolute Gasteiger partial charge is 0.490 e. The van der Waals surface area contributed by atoms with Crippen LogP contribution in [0.15, 0.2) is 42.5 Å². The van der Waals surface area contributed by atoms with Crippen molar-refractivity contribution in [3.05, 3.63) is 59.2 Å². The lowest BCUT2D eigenvalue weighted by molar-refractivity contribution is 0.172. The van der Waals surface area contributed by atoms with E-state index in [0.717, 1.165) is 37.6 Å². The van der Waals surface area contributed by atoms with Crippen LogP contribution in [0.25, 0.3) is 0 Å². The number of rotatable bonds is 4. The average Bonchev–Trinajstić information content (AvgIpc) is 2.65. The molecule has 0 fully saturated rings. The molecule has 2 aromatic carbocycles. The van der Waals surface area contributed by atoms with E-state index in [9.17, 15) is 0 Å². The molecule has 1 unspecified atom stereocenters. The second-order valence-corrected chi connectivity index (χ2v) is 6.86. The zero-order chi connectivity index (χ0) is 16.4. The van der Waals surface area contributed by atoms with E-state index in [0.29, 0.717) is 6.04 Å². The van der Waals surface area contributed by atoms with Crippen LogP contribution in [0.2, 0.25) is 0 Å². The summed E-state index contributed by atoms with van der Waals surface area (Å²) in [6, 6.07) is 16.1. The van der Waals surface area contributed by atoms with Crippen molar-refractivity contribution >= 4 is 5.69 Å². The van der Waals surface area contributed by atoms with E-state index < -0.39 is 0 Å². The second-order valence-electron chi connectivity index (χ2n) is 6.86. The van der Waals surface area contributed by atoms with Gasteiger partial charge in [-0.15, -0.1) is 0 Å². The number of fused-ring (bicyclic) bond motifs is 2. The molecule has 0 radical (unpaired) electrons. The lowest BCUT2D eigenvalue weighted by atomic mass is 9.95. The molecule has 0 spiro atoms. The molecular formula is C21H26N2O. The van der Waals surface area contributed by atoms with Gasteiger partial charge in [0.25, 0.3) is 0 Å². The van der Waals surface area contributed by atoms with E-state index in [1.807, 2.05) is 0 Å². The van der Waals surface area contributed by atoms with Crippen LogP contribution in [-0.4, -0.2) is 30.6 Å². The van der Waals surface area contributed by atoms with Crippen LogP contribution in [0.4, 0.5) is 5.69 Å². The fourth-order valence-electron chi connectivity index (χ4n) is 3.95. The summed E-state index contributed by atoms with van der Waals surface area (Å²) in [5.74, 6) is 0.991. The number of ether oxygens (including phenoxy) is 1. The molecule has 0 amide bonds. The first-order chi connectivity index (χ1) is 11.8. The van der Waals surface area contributed by atoms with Crippen LogP contribution >= 0.6 is 0 Å². The van der Waals surface area contributed by atoms with Crippen LogP contribution < -0.4 is 10.1 Å². The maximum atomic E-state index is 5.69. The van der Waals surface area contributed by atoms with Gasteiger partial charge in [0.2, 0.25) is 0 Å². The Labute approximate surface area is 144 Å². The molecule has 3 heteroatoms. The number of hydrogen-bond donors (Lipinski definition) is 1. The molecule has 126 valence electrons. The van der Waals surface area contributed by atoms with Gasteiger partial charge in [0.1, 0.15) is 12.4 Å². The maximum absolute atomic E-state index is 5.69. The van der Waals surface area contributed by atoms with E-state index in [4.69, 9.17) is 4.74 Å². The summed E-state index contributed by atoms with van der Waals surface area (Å²) >= 11 is 0. The van der Waals surface area contributed by atoms with Gasteiger partial charge in [-0.25, -0.2) is 0 Å². The Morgan fingerprint density at radius 1 is 1.17 bits per heavy atom. The van der Waals surface area contributed by atoms with E-state index >= 15 is 0 Å². The topological polar surface area (TPSA) is 24.5 Å².